The van der Waals surface area contributed by atoms with Crippen molar-refractivity contribution < 1.29 is 48.6 Å². The summed E-state index contributed by atoms with van der Waals surface area (Å²) in [6, 6.07) is 12.4. The van der Waals surface area contributed by atoms with Crippen molar-refractivity contribution in [1.29, 1.82) is 0 Å². The summed E-state index contributed by atoms with van der Waals surface area (Å²) >= 11 is 0. The van der Waals surface area contributed by atoms with Crippen LogP contribution in [0, 0.1) is 29.1 Å². The molecule has 4 aromatic carbocycles. The van der Waals surface area contributed by atoms with E-state index in [1.165, 1.54) is 36.4 Å². The molecule has 0 radical (unpaired) electrons. The lowest BCUT2D eigenvalue weighted by Gasteiger charge is -2.13. The molecule has 11 heteroatoms. The molecule has 0 aliphatic rings. The van der Waals surface area contributed by atoms with Crippen molar-refractivity contribution >= 4 is 5.83 Å². The van der Waals surface area contributed by atoms with Gasteiger partial charge in [-0.25, -0.2) is 30.7 Å². The third kappa shape index (κ3) is 7.57. The van der Waals surface area contributed by atoms with Gasteiger partial charge in [0.2, 0.25) is 5.75 Å². The van der Waals surface area contributed by atoms with Crippen LogP contribution in [-0.4, -0.2) is 6.36 Å². The Balaban J connectivity index is 1.52. The van der Waals surface area contributed by atoms with Gasteiger partial charge in [0.05, 0.1) is 0 Å². The molecule has 0 fully saturated rings. The molecule has 0 bridgehead atoms. The molecule has 0 aromatic heterocycles. The van der Waals surface area contributed by atoms with E-state index in [4.69, 9.17) is 0 Å². The van der Waals surface area contributed by atoms with Gasteiger partial charge in [-0.15, -0.1) is 13.2 Å². The quantitative estimate of drug-likeness (QED) is 0.171. The van der Waals surface area contributed by atoms with Crippen LogP contribution in [0.25, 0.3) is 28.1 Å². The van der Waals surface area contributed by atoms with Crippen molar-refractivity contribution in [1.82, 2.24) is 0 Å². The second-order valence-corrected chi connectivity index (χ2v) is 9.60. The summed E-state index contributed by atoms with van der Waals surface area (Å²) in [6.45, 7) is 1.71. The predicted octanol–water partition coefficient (Wildman–Crippen LogP) is 10.8. The van der Waals surface area contributed by atoms with E-state index in [0.29, 0.717) is 29.7 Å². The molecule has 226 valence electrons. The van der Waals surface area contributed by atoms with Crippen LogP contribution in [0.15, 0.2) is 72.6 Å². The predicted molar refractivity (Wildman–Crippen MR) is 142 cm³/mol. The Bertz CT molecular complexity index is 1610. The Morgan fingerprint density at radius 3 is 1.74 bits per heavy atom. The van der Waals surface area contributed by atoms with Crippen molar-refractivity contribution in [2.24, 2.45) is 0 Å². The molecule has 0 N–H and O–H groups in total. The summed E-state index contributed by atoms with van der Waals surface area (Å²) in [4.78, 5) is 0. The van der Waals surface area contributed by atoms with Crippen molar-refractivity contribution in [2.75, 3.05) is 0 Å². The zero-order valence-electron chi connectivity index (χ0n) is 22.4. The Morgan fingerprint density at radius 1 is 0.651 bits per heavy atom. The van der Waals surface area contributed by atoms with Gasteiger partial charge in [-0.1, -0.05) is 43.3 Å². The Kier molecular flexibility index (Phi) is 9.52. The van der Waals surface area contributed by atoms with Gasteiger partial charge in [0.25, 0.3) is 0 Å². The Hall–Kier alpha value is -4.28. The number of hydrogen-bond acceptors (Lipinski definition) is 1. The topological polar surface area (TPSA) is 9.23 Å². The molecule has 0 spiro atoms. The van der Waals surface area contributed by atoms with E-state index in [-0.39, 0.29) is 35.1 Å². The van der Waals surface area contributed by atoms with Crippen LogP contribution in [0.4, 0.5) is 43.9 Å². The minimum Gasteiger partial charge on any atom is -0.399 e. The molecule has 0 amide bonds. The van der Waals surface area contributed by atoms with Crippen LogP contribution in [0.2, 0.25) is 0 Å². The van der Waals surface area contributed by atoms with E-state index in [9.17, 15) is 39.5 Å². The monoisotopic (exact) mass is 612 g/mol. The summed E-state index contributed by atoms with van der Waals surface area (Å²) in [7, 11) is 0. The van der Waals surface area contributed by atoms with Crippen LogP contribution >= 0.6 is 0 Å². The molecule has 0 aliphatic carbocycles. The number of allylic oxidation sites excluding steroid dienone is 1. The van der Waals surface area contributed by atoms with Gasteiger partial charge in [-0.3, -0.25) is 0 Å². The maximum atomic E-state index is 15.1. The van der Waals surface area contributed by atoms with Gasteiger partial charge in [0, 0.05) is 23.1 Å². The fraction of sp³-hybridized carbons (Fsp3) is 0.188. The van der Waals surface area contributed by atoms with E-state index in [2.05, 4.69) is 4.74 Å². The van der Waals surface area contributed by atoms with Crippen molar-refractivity contribution in [3.8, 4) is 28.0 Å². The third-order valence-electron chi connectivity index (χ3n) is 6.54. The number of alkyl halides is 3. The second-order valence-electron chi connectivity index (χ2n) is 9.60. The number of ether oxygens (including phenoxy) is 1. The standard InChI is InChI=1S/C32H22F10O/c1-2-3-24(33)30(39)19-7-5-18(6-8-19)20-9-11-22(25(34)14-20)21-15-26(35)23(27(36)16-21)10-4-17-12-28(37)31(29(38)13-17)43-32(40,41)42/h5-9,11-16H,2-4,10H2,1H3. The molecule has 0 unspecified atom stereocenters. The highest BCUT2D eigenvalue weighted by atomic mass is 19.4. The fourth-order valence-corrected chi connectivity index (χ4v) is 4.46. The maximum absolute atomic E-state index is 15.1. The lowest BCUT2D eigenvalue weighted by Crippen LogP contribution is -2.19. The summed E-state index contributed by atoms with van der Waals surface area (Å²) < 4.78 is 141. The van der Waals surface area contributed by atoms with Gasteiger partial charge < -0.3 is 4.74 Å². The summed E-state index contributed by atoms with van der Waals surface area (Å²) in [5.41, 5.74) is -0.0416. The average molecular weight is 613 g/mol. The van der Waals surface area contributed by atoms with Crippen LogP contribution in [0.5, 0.6) is 5.75 Å². The van der Waals surface area contributed by atoms with E-state index >= 15 is 4.39 Å². The minimum absolute atomic E-state index is 0.0283. The van der Waals surface area contributed by atoms with Gasteiger partial charge >= 0.3 is 6.36 Å². The number of benzene rings is 4. The summed E-state index contributed by atoms with van der Waals surface area (Å²) in [6.07, 6.45) is -5.67. The zero-order chi connectivity index (χ0) is 31.5. The molecule has 0 heterocycles. The highest BCUT2D eigenvalue weighted by molar-refractivity contribution is 5.73. The molecule has 0 saturated heterocycles. The first-order chi connectivity index (χ1) is 20.3. The van der Waals surface area contributed by atoms with Crippen LogP contribution in [-0.2, 0) is 12.8 Å². The fourth-order valence-electron chi connectivity index (χ4n) is 4.46. The van der Waals surface area contributed by atoms with Gasteiger partial charge in [-0.05, 0) is 71.8 Å². The van der Waals surface area contributed by atoms with Crippen molar-refractivity contribution in [3.63, 3.8) is 0 Å². The number of hydrogen-bond donors (Lipinski definition) is 0. The first kappa shape index (κ1) is 31.7. The van der Waals surface area contributed by atoms with Crippen LogP contribution < -0.4 is 4.74 Å². The minimum atomic E-state index is -5.32. The van der Waals surface area contributed by atoms with Crippen LogP contribution in [0.3, 0.4) is 0 Å². The first-order valence-electron chi connectivity index (χ1n) is 12.9. The molecule has 0 saturated carbocycles. The second kappa shape index (κ2) is 12.9. The Labute approximate surface area is 240 Å². The number of rotatable bonds is 9. The summed E-state index contributed by atoms with van der Waals surface area (Å²) in [5.74, 6) is -9.73. The molecule has 0 aliphatic heterocycles. The van der Waals surface area contributed by atoms with Crippen molar-refractivity contribution in [3.05, 3.63) is 118 Å². The molecular weight excluding hydrogens is 590 g/mol. The number of halogens is 10. The largest absolute Gasteiger partial charge is 0.573 e. The van der Waals surface area contributed by atoms with Crippen molar-refractivity contribution in [2.45, 2.75) is 39.0 Å². The smallest absolute Gasteiger partial charge is 0.399 e. The molecular formula is C32H22F10O. The average Bonchev–Trinajstić information content (AvgIpc) is 2.93. The molecule has 0 atom stereocenters. The maximum Gasteiger partial charge on any atom is 0.573 e. The van der Waals surface area contributed by atoms with E-state index in [1.807, 2.05) is 0 Å². The first-order valence-corrected chi connectivity index (χ1v) is 12.9. The highest BCUT2D eigenvalue weighted by Gasteiger charge is 2.34. The zero-order valence-corrected chi connectivity index (χ0v) is 22.4. The lowest BCUT2D eigenvalue weighted by atomic mass is 9.96. The lowest BCUT2D eigenvalue weighted by molar-refractivity contribution is -0.276. The van der Waals surface area contributed by atoms with Gasteiger partial charge in [-0.2, -0.15) is 0 Å². The summed E-state index contributed by atoms with van der Waals surface area (Å²) in [5, 5.41) is 0. The molecule has 4 rings (SSSR count). The van der Waals surface area contributed by atoms with Gasteiger partial charge in [0.15, 0.2) is 17.5 Å². The SMILES string of the molecule is CCCC(F)=C(F)c1ccc(-c2ccc(-c3cc(F)c(CCc4cc(F)c(OC(F)(F)F)c(F)c4)c(F)c3)c(F)c2)cc1. The van der Waals surface area contributed by atoms with E-state index < -0.39 is 64.8 Å². The highest BCUT2D eigenvalue weighted by Crippen LogP contribution is 2.33. The Morgan fingerprint density at radius 2 is 1.21 bits per heavy atom. The number of aryl methyl sites for hydroxylation is 1. The van der Waals surface area contributed by atoms with E-state index in [1.54, 1.807) is 6.92 Å². The van der Waals surface area contributed by atoms with Crippen LogP contribution in [0.1, 0.15) is 36.5 Å². The molecule has 43 heavy (non-hydrogen) atoms. The normalized spacial score (nSPS) is 12.3. The van der Waals surface area contributed by atoms with Gasteiger partial charge in [0.1, 0.15) is 23.3 Å². The van der Waals surface area contributed by atoms with E-state index in [0.717, 1.165) is 18.2 Å². The molecule has 1 nitrogen and oxygen atoms in total. The third-order valence-corrected chi connectivity index (χ3v) is 6.54. The molecule has 4 aromatic rings.